The lowest BCUT2D eigenvalue weighted by atomic mass is 10.4. The third kappa shape index (κ3) is 2.37. The zero-order chi connectivity index (χ0) is 10.7. The smallest absolute Gasteiger partial charge is 0.230 e. The van der Waals surface area contributed by atoms with Gasteiger partial charge in [0.2, 0.25) is 5.95 Å². The molecule has 0 unspecified atom stereocenters. The predicted octanol–water partition coefficient (Wildman–Crippen LogP) is 0.901. The highest BCUT2D eigenvalue weighted by atomic mass is 15.2. The summed E-state index contributed by atoms with van der Waals surface area (Å²) in [6.07, 6.45) is 4.76. The Bertz CT molecular complexity index is 435. The van der Waals surface area contributed by atoms with Gasteiger partial charge in [0.05, 0.1) is 6.20 Å². The number of hydrogen-bond donors (Lipinski definition) is 2. The summed E-state index contributed by atoms with van der Waals surface area (Å²) in [7, 11) is 0. The van der Waals surface area contributed by atoms with Crippen LogP contribution in [0.1, 0.15) is 5.69 Å². The number of nitrogens with two attached hydrogens (primary N) is 1. The monoisotopic (exact) mass is 202 g/mol. The topological polar surface area (TPSA) is 89.6 Å². The molecule has 2 rings (SSSR count). The first kappa shape index (κ1) is 9.32. The molecule has 0 spiro atoms. The number of anilines is 3. The molecule has 0 aliphatic rings. The molecular weight excluding hydrogens is 192 g/mol. The van der Waals surface area contributed by atoms with E-state index in [1.165, 1.54) is 0 Å². The molecule has 0 aliphatic carbocycles. The number of hydrogen-bond acceptors (Lipinski definition) is 6. The minimum Gasteiger partial charge on any atom is -0.384 e. The molecule has 0 bridgehead atoms. The molecule has 76 valence electrons. The van der Waals surface area contributed by atoms with Gasteiger partial charge in [0.15, 0.2) is 5.82 Å². The molecule has 0 amide bonds. The zero-order valence-electron chi connectivity index (χ0n) is 8.18. The molecule has 2 aromatic heterocycles. The van der Waals surface area contributed by atoms with E-state index >= 15 is 0 Å². The summed E-state index contributed by atoms with van der Waals surface area (Å²) in [5.41, 5.74) is 6.39. The molecule has 15 heavy (non-hydrogen) atoms. The van der Waals surface area contributed by atoms with Crippen molar-refractivity contribution in [1.82, 2.24) is 19.9 Å². The average Bonchev–Trinajstić information content (AvgIpc) is 2.17. The molecule has 2 aromatic rings. The van der Waals surface area contributed by atoms with E-state index in [4.69, 9.17) is 5.73 Å². The van der Waals surface area contributed by atoms with E-state index in [1.54, 1.807) is 24.7 Å². The van der Waals surface area contributed by atoms with Gasteiger partial charge in [-0.3, -0.25) is 4.98 Å². The summed E-state index contributed by atoms with van der Waals surface area (Å²) >= 11 is 0. The predicted molar refractivity (Wildman–Crippen MR) is 56.5 cm³/mol. The number of aromatic nitrogens is 4. The molecule has 0 fully saturated rings. The van der Waals surface area contributed by atoms with Crippen LogP contribution in [0.3, 0.4) is 0 Å². The van der Waals surface area contributed by atoms with Crippen molar-refractivity contribution in [2.24, 2.45) is 0 Å². The zero-order valence-corrected chi connectivity index (χ0v) is 8.18. The lowest BCUT2D eigenvalue weighted by molar-refractivity contribution is 1.09. The molecule has 2 heterocycles. The Morgan fingerprint density at radius 1 is 1.27 bits per heavy atom. The van der Waals surface area contributed by atoms with Crippen molar-refractivity contribution >= 4 is 17.6 Å². The fourth-order valence-corrected chi connectivity index (χ4v) is 1.13. The molecule has 0 radical (unpaired) electrons. The molecule has 0 atom stereocenters. The van der Waals surface area contributed by atoms with Crippen molar-refractivity contribution in [3.05, 3.63) is 30.4 Å². The largest absolute Gasteiger partial charge is 0.384 e. The van der Waals surface area contributed by atoms with Crippen LogP contribution < -0.4 is 11.1 Å². The minimum absolute atomic E-state index is 0.424. The fraction of sp³-hybridized carbons (Fsp3) is 0.111. The highest BCUT2D eigenvalue weighted by Gasteiger charge is 2.00. The van der Waals surface area contributed by atoms with Crippen molar-refractivity contribution < 1.29 is 0 Å². The maximum absolute atomic E-state index is 5.59. The minimum atomic E-state index is 0.424. The molecule has 6 nitrogen and oxygen atoms in total. The Balaban J connectivity index is 2.25. The van der Waals surface area contributed by atoms with Crippen LogP contribution >= 0.6 is 0 Å². The van der Waals surface area contributed by atoms with Crippen LogP contribution in [0.15, 0.2) is 24.7 Å². The normalized spacial score (nSPS) is 9.93. The van der Waals surface area contributed by atoms with Crippen molar-refractivity contribution in [3.8, 4) is 0 Å². The van der Waals surface area contributed by atoms with Crippen LogP contribution in [0.25, 0.3) is 0 Å². The van der Waals surface area contributed by atoms with Gasteiger partial charge in [-0.1, -0.05) is 0 Å². The fourth-order valence-electron chi connectivity index (χ4n) is 1.13. The van der Waals surface area contributed by atoms with Crippen molar-refractivity contribution in [2.75, 3.05) is 11.1 Å². The Hall–Kier alpha value is -2.24. The SMILES string of the molecule is Cc1cc(N)nc(Nc2cnccn2)n1. The lowest BCUT2D eigenvalue weighted by Gasteiger charge is -2.04. The van der Waals surface area contributed by atoms with E-state index < -0.39 is 0 Å². The molecule has 0 saturated carbocycles. The van der Waals surface area contributed by atoms with Gasteiger partial charge in [0, 0.05) is 24.2 Å². The number of nitrogens with zero attached hydrogens (tertiary/aromatic N) is 4. The quantitative estimate of drug-likeness (QED) is 0.752. The van der Waals surface area contributed by atoms with Gasteiger partial charge >= 0.3 is 0 Å². The van der Waals surface area contributed by atoms with Crippen molar-refractivity contribution in [2.45, 2.75) is 6.92 Å². The van der Waals surface area contributed by atoms with E-state index in [9.17, 15) is 0 Å². The summed E-state index contributed by atoms with van der Waals surface area (Å²) in [5.74, 6) is 1.43. The molecule has 6 heteroatoms. The van der Waals surface area contributed by atoms with Gasteiger partial charge in [-0.05, 0) is 6.92 Å². The van der Waals surface area contributed by atoms with Crippen LogP contribution in [-0.4, -0.2) is 19.9 Å². The third-order valence-corrected chi connectivity index (χ3v) is 1.68. The van der Waals surface area contributed by atoms with E-state index in [0.717, 1.165) is 5.69 Å². The van der Waals surface area contributed by atoms with E-state index in [2.05, 4.69) is 25.3 Å². The van der Waals surface area contributed by atoms with Crippen LogP contribution in [-0.2, 0) is 0 Å². The third-order valence-electron chi connectivity index (χ3n) is 1.68. The van der Waals surface area contributed by atoms with Gasteiger partial charge in [-0.25, -0.2) is 9.97 Å². The van der Waals surface area contributed by atoms with Gasteiger partial charge < -0.3 is 11.1 Å². The number of rotatable bonds is 2. The van der Waals surface area contributed by atoms with Gasteiger partial charge in [-0.15, -0.1) is 0 Å². The van der Waals surface area contributed by atoms with Crippen LogP contribution in [0, 0.1) is 6.92 Å². The summed E-state index contributed by atoms with van der Waals surface area (Å²) < 4.78 is 0. The molecular formula is C9H10N6. The highest BCUT2D eigenvalue weighted by Crippen LogP contribution is 2.10. The standard InChI is InChI=1S/C9H10N6/c1-6-4-7(10)14-9(13-6)15-8-5-11-2-3-12-8/h2-5H,1H3,(H3,10,12,13,14,15). The summed E-state index contributed by atoms with van der Waals surface area (Å²) in [6.45, 7) is 1.85. The van der Waals surface area contributed by atoms with Gasteiger partial charge in [0.1, 0.15) is 5.82 Å². The second-order valence-corrected chi connectivity index (χ2v) is 2.97. The number of nitrogens with one attached hydrogen (secondary N) is 1. The highest BCUT2D eigenvalue weighted by molar-refractivity contribution is 5.48. The lowest BCUT2D eigenvalue weighted by Crippen LogP contribution is -2.02. The number of nitrogen functional groups attached to an aromatic ring is 1. The van der Waals surface area contributed by atoms with Gasteiger partial charge in [0.25, 0.3) is 0 Å². The summed E-state index contributed by atoms with van der Waals surface area (Å²) in [6, 6.07) is 1.70. The first-order valence-electron chi connectivity index (χ1n) is 4.38. The van der Waals surface area contributed by atoms with Crippen LogP contribution in [0.4, 0.5) is 17.6 Å². The Kier molecular flexibility index (Phi) is 2.40. The summed E-state index contributed by atoms with van der Waals surface area (Å²) in [5, 5.41) is 2.91. The van der Waals surface area contributed by atoms with E-state index in [-0.39, 0.29) is 0 Å². The van der Waals surface area contributed by atoms with Gasteiger partial charge in [-0.2, -0.15) is 4.98 Å². The molecule has 0 aromatic carbocycles. The second-order valence-electron chi connectivity index (χ2n) is 2.97. The van der Waals surface area contributed by atoms with E-state index in [1.807, 2.05) is 6.92 Å². The van der Waals surface area contributed by atoms with Crippen molar-refractivity contribution in [3.63, 3.8) is 0 Å². The maximum Gasteiger partial charge on any atom is 0.230 e. The van der Waals surface area contributed by atoms with Crippen LogP contribution in [0.2, 0.25) is 0 Å². The van der Waals surface area contributed by atoms with Crippen LogP contribution in [0.5, 0.6) is 0 Å². The molecule has 0 aliphatic heterocycles. The second kappa shape index (κ2) is 3.87. The molecule has 0 saturated heterocycles. The Labute approximate surface area is 86.6 Å². The maximum atomic E-state index is 5.59. The summed E-state index contributed by atoms with van der Waals surface area (Å²) in [4.78, 5) is 16.1. The average molecular weight is 202 g/mol. The number of aryl methyl sites for hydroxylation is 1. The van der Waals surface area contributed by atoms with E-state index in [0.29, 0.717) is 17.6 Å². The Morgan fingerprint density at radius 2 is 2.13 bits per heavy atom. The first-order chi connectivity index (χ1) is 7.24. The van der Waals surface area contributed by atoms with Crippen molar-refractivity contribution in [1.29, 1.82) is 0 Å². The first-order valence-corrected chi connectivity index (χ1v) is 4.38. The molecule has 3 N–H and O–H groups in total. The Morgan fingerprint density at radius 3 is 2.80 bits per heavy atom.